The van der Waals surface area contributed by atoms with Gasteiger partial charge in [-0.1, -0.05) is 0 Å². The van der Waals surface area contributed by atoms with Crippen LogP contribution in [0.4, 0.5) is 10.5 Å². The fourth-order valence-corrected chi connectivity index (χ4v) is 3.17. The molecule has 2 amide bonds. The summed E-state index contributed by atoms with van der Waals surface area (Å²) >= 11 is 0. The van der Waals surface area contributed by atoms with Gasteiger partial charge in [0.15, 0.2) is 0 Å². The molecule has 1 aromatic rings. The first-order valence-electron chi connectivity index (χ1n) is 8.08. The second kappa shape index (κ2) is 7.19. The van der Waals surface area contributed by atoms with Crippen molar-refractivity contribution in [3.8, 4) is 0 Å². The van der Waals surface area contributed by atoms with Gasteiger partial charge in [0.1, 0.15) is 0 Å². The zero-order chi connectivity index (χ0) is 17.0. The summed E-state index contributed by atoms with van der Waals surface area (Å²) < 4.78 is 15.9. The SMILES string of the molecule is COC(=O)c1ccc(NC(=O)N[C@@H]2CCO[C@@]3(CCOC3)C2)cc1. The average Bonchev–Trinajstić information content (AvgIpc) is 3.02. The van der Waals surface area contributed by atoms with E-state index in [1.165, 1.54) is 7.11 Å². The van der Waals surface area contributed by atoms with Crippen LogP contribution in [0.5, 0.6) is 0 Å². The Kier molecular flexibility index (Phi) is 5.01. The van der Waals surface area contributed by atoms with Gasteiger partial charge in [0.2, 0.25) is 0 Å². The number of benzene rings is 1. The first kappa shape index (κ1) is 16.7. The van der Waals surface area contributed by atoms with Gasteiger partial charge >= 0.3 is 12.0 Å². The lowest BCUT2D eigenvalue weighted by Gasteiger charge is -2.37. The highest BCUT2D eigenvalue weighted by Gasteiger charge is 2.41. The van der Waals surface area contributed by atoms with E-state index in [0.717, 1.165) is 19.3 Å². The number of esters is 1. The minimum Gasteiger partial charge on any atom is -0.465 e. The molecule has 2 saturated heterocycles. The maximum absolute atomic E-state index is 12.2. The molecule has 2 aliphatic heterocycles. The normalized spacial score (nSPS) is 26.1. The Bertz CT molecular complexity index is 596. The van der Waals surface area contributed by atoms with Gasteiger partial charge in [0, 0.05) is 31.4 Å². The summed E-state index contributed by atoms with van der Waals surface area (Å²) in [5, 5.41) is 5.77. The largest absolute Gasteiger partial charge is 0.465 e. The van der Waals surface area contributed by atoms with Gasteiger partial charge in [-0.25, -0.2) is 9.59 Å². The molecule has 0 aliphatic carbocycles. The van der Waals surface area contributed by atoms with Crippen molar-refractivity contribution >= 4 is 17.7 Å². The number of carbonyl (C=O) groups excluding carboxylic acids is 2. The zero-order valence-corrected chi connectivity index (χ0v) is 13.7. The fraction of sp³-hybridized carbons (Fsp3) is 0.529. The Balaban J connectivity index is 1.52. The predicted molar refractivity (Wildman–Crippen MR) is 87.1 cm³/mol. The van der Waals surface area contributed by atoms with Gasteiger partial charge in [0.25, 0.3) is 0 Å². The number of carbonyl (C=O) groups is 2. The summed E-state index contributed by atoms with van der Waals surface area (Å²) in [5.41, 5.74) is 0.820. The minimum absolute atomic E-state index is 0.0646. The number of methoxy groups -OCH3 is 1. The maximum atomic E-state index is 12.2. The topological polar surface area (TPSA) is 85.9 Å². The number of rotatable bonds is 3. The van der Waals surface area contributed by atoms with Gasteiger partial charge in [-0.05, 0) is 37.1 Å². The molecule has 2 N–H and O–H groups in total. The Hall–Kier alpha value is -2.12. The predicted octanol–water partition coefficient (Wildman–Crippen LogP) is 1.93. The van der Waals surface area contributed by atoms with Crippen molar-refractivity contribution in [2.45, 2.75) is 30.9 Å². The molecule has 2 heterocycles. The number of hydrogen-bond donors (Lipinski definition) is 2. The van der Waals surface area contributed by atoms with Gasteiger partial charge in [-0.15, -0.1) is 0 Å². The minimum atomic E-state index is -0.405. The number of amides is 2. The zero-order valence-electron chi connectivity index (χ0n) is 13.7. The summed E-state index contributed by atoms with van der Waals surface area (Å²) in [6.07, 6.45) is 2.43. The molecular formula is C17H22N2O5. The number of nitrogens with one attached hydrogen (secondary N) is 2. The molecular weight excluding hydrogens is 312 g/mol. The Morgan fingerprint density at radius 2 is 2.04 bits per heavy atom. The first-order chi connectivity index (χ1) is 11.6. The fourth-order valence-electron chi connectivity index (χ4n) is 3.17. The molecule has 0 bridgehead atoms. The smallest absolute Gasteiger partial charge is 0.337 e. The highest BCUT2D eigenvalue weighted by atomic mass is 16.6. The molecule has 0 saturated carbocycles. The van der Waals surface area contributed by atoms with Crippen LogP contribution in [0.25, 0.3) is 0 Å². The summed E-state index contributed by atoms with van der Waals surface area (Å²) in [4.78, 5) is 23.6. The van der Waals surface area contributed by atoms with Crippen LogP contribution in [0.1, 0.15) is 29.6 Å². The number of hydrogen-bond acceptors (Lipinski definition) is 5. The van der Waals surface area contributed by atoms with E-state index in [4.69, 9.17) is 9.47 Å². The van der Waals surface area contributed by atoms with Gasteiger partial charge in [-0.3, -0.25) is 0 Å². The Morgan fingerprint density at radius 1 is 1.25 bits per heavy atom. The highest BCUT2D eigenvalue weighted by molar-refractivity contribution is 5.92. The molecule has 2 aliphatic rings. The van der Waals surface area contributed by atoms with Crippen molar-refractivity contribution in [3.05, 3.63) is 29.8 Å². The van der Waals surface area contributed by atoms with Crippen molar-refractivity contribution in [2.75, 3.05) is 32.2 Å². The van der Waals surface area contributed by atoms with E-state index in [9.17, 15) is 9.59 Å². The number of urea groups is 1. The average molecular weight is 334 g/mol. The molecule has 0 unspecified atom stereocenters. The lowest BCUT2D eigenvalue weighted by molar-refractivity contribution is -0.0877. The Morgan fingerprint density at radius 3 is 2.71 bits per heavy atom. The van der Waals surface area contributed by atoms with Crippen LogP contribution in [-0.2, 0) is 14.2 Å². The van der Waals surface area contributed by atoms with Gasteiger partial charge in [0.05, 0.1) is 24.9 Å². The monoisotopic (exact) mass is 334 g/mol. The van der Waals surface area contributed by atoms with Crippen LogP contribution in [0.2, 0.25) is 0 Å². The van der Waals surface area contributed by atoms with E-state index in [1.807, 2.05) is 0 Å². The van der Waals surface area contributed by atoms with Crippen molar-refractivity contribution < 1.29 is 23.8 Å². The standard InChI is InChI=1S/C17H22N2O5/c1-22-15(20)12-2-4-13(5-3-12)18-16(21)19-14-6-8-24-17(10-14)7-9-23-11-17/h2-5,14H,6-11H2,1H3,(H2,18,19,21)/t14-,17+/m1/s1. The first-order valence-corrected chi connectivity index (χ1v) is 8.08. The summed E-state index contributed by atoms with van der Waals surface area (Å²) in [7, 11) is 1.33. The summed E-state index contributed by atoms with van der Waals surface area (Å²) in [6.45, 7) is 1.94. The van der Waals surface area contributed by atoms with Crippen LogP contribution in [0.3, 0.4) is 0 Å². The van der Waals surface area contributed by atoms with Gasteiger partial charge < -0.3 is 24.8 Å². The van der Waals surface area contributed by atoms with Crippen LogP contribution in [0, 0.1) is 0 Å². The molecule has 130 valence electrons. The summed E-state index contributed by atoms with van der Waals surface area (Å²) in [5.74, 6) is -0.405. The van der Waals surface area contributed by atoms with E-state index in [0.29, 0.717) is 31.1 Å². The molecule has 3 rings (SSSR count). The quantitative estimate of drug-likeness (QED) is 0.825. The second-order valence-electron chi connectivity index (χ2n) is 6.19. The van der Waals surface area contributed by atoms with E-state index in [-0.39, 0.29) is 17.7 Å². The third kappa shape index (κ3) is 3.85. The number of anilines is 1. The van der Waals surface area contributed by atoms with Crippen molar-refractivity contribution in [3.63, 3.8) is 0 Å². The van der Waals surface area contributed by atoms with Crippen molar-refractivity contribution in [1.82, 2.24) is 5.32 Å². The van der Waals surface area contributed by atoms with Crippen LogP contribution < -0.4 is 10.6 Å². The molecule has 24 heavy (non-hydrogen) atoms. The van der Waals surface area contributed by atoms with Crippen LogP contribution >= 0.6 is 0 Å². The maximum Gasteiger partial charge on any atom is 0.337 e. The van der Waals surface area contributed by atoms with E-state index < -0.39 is 5.97 Å². The second-order valence-corrected chi connectivity index (χ2v) is 6.19. The number of ether oxygens (including phenoxy) is 3. The van der Waals surface area contributed by atoms with Crippen molar-refractivity contribution in [2.24, 2.45) is 0 Å². The highest BCUT2D eigenvalue weighted by Crippen LogP contribution is 2.32. The molecule has 0 aromatic heterocycles. The third-order valence-electron chi connectivity index (χ3n) is 4.46. The van der Waals surface area contributed by atoms with E-state index in [2.05, 4.69) is 15.4 Å². The molecule has 1 spiro atoms. The van der Waals surface area contributed by atoms with Crippen LogP contribution in [-0.4, -0.2) is 50.6 Å². The van der Waals surface area contributed by atoms with Gasteiger partial charge in [-0.2, -0.15) is 0 Å². The lowest BCUT2D eigenvalue weighted by atomic mass is 9.90. The Labute approximate surface area is 140 Å². The molecule has 2 atom stereocenters. The van der Waals surface area contributed by atoms with E-state index >= 15 is 0 Å². The molecule has 7 heteroatoms. The lowest BCUT2D eigenvalue weighted by Crippen LogP contribution is -2.49. The molecule has 2 fully saturated rings. The molecule has 0 radical (unpaired) electrons. The third-order valence-corrected chi connectivity index (χ3v) is 4.46. The van der Waals surface area contributed by atoms with Crippen molar-refractivity contribution in [1.29, 1.82) is 0 Å². The van der Waals surface area contributed by atoms with E-state index in [1.54, 1.807) is 24.3 Å². The molecule has 7 nitrogen and oxygen atoms in total. The summed E-state index contributed by atoms with van der Waals surface area (Å²) in [6, 6.07) is 6.36. The molecule has 1 aromatic carbocycles. The van der Waals surface area contributed by atoms with Crippen LogP contribution in [0.15, 0.2) is 24.3 Å².